The normalized spacial score (nSPS) is 29.8. The molecule has 1 saturated heterocycles. The zero-order chi connectivity index (χ0) is 9.03. The van der Waals surface area contributed by atoms with Gasteiger partial charge in [0.1, 0.15) is 0 Å². The maximum Gasteiger partial charge on any atom is 0.253 e. The Morgan fingerprint density at radius 3 is 3.00 bits per heavy atom. The smallest absolute Gasteiger partial charge is 0.253 e. The highest BCUT2D eigenvalue weighted by Crippen LogP contribution is 2.15. The summed E-state index contributed by atoms with van der Waals surface area (Å²) in [4.78, 5) is 11.3. The van der Waals surface area contributed by atoms with E-state index in [0.717, 1.165) is 13.0 Å². The first-order valence-corrected chi connectivity index (χ1v) is 4.40. The van der Waals surface area contributed by atoms with Crippen LogP contribution in [-0.2, 0) is 4.79 Å². The summed E-state index contributed by atoms with van der Waals surface area (Å²) in [6.07, 6.45) is 1.42. The second-order valence-corrected chi connectivity index (χ2v) is 3.17. The molecule has 0 saturated carbocycles. The number of amides is 1. The lowest BCUT2D eigenvalue weighted by Gasteiger charge is -2.30. The van der Waals surface area contributed by atoms with Gasteiger partial charge in [-0.15, -0.1) is 0 Å². The van der Waals surface area contributed by atoms with Crippen molar-refractivity contribution in [2.24, 2.45) is 0 Å². The standard InChI is InChI=1S/C8H16N2O2/c1-2-10-7(11)8(12)4-3-5-9-6-8/h9,12H,2-6H2,1H3,(H,10,11)/t8-/m1/s1. The number of aliphatic hydroxyl groups is 1. The van der Waals surface area contributed by atoms with Crippen molar-refractivity contribution in [3.05, 3.63) is 0 Å². The Morgan fingerprint density at radius 1 is 1.75 bits per heavy atom. The molecule has 0 aromatic carbocycles. The van der Waals surface area contributed by atoms with Crippen molar-refractivity contribution in [3.8, 4) is 0 Å². The van der Waals surface area contributed by atoms with Gasteiger partial charge in [-0.1, -0.05) is 0 Å². The molecule has 1 fully saturated rings. The molecule has 0 spiro atoms. The van der Waals surface area contributed by atoms with E-state index in [2.05, 4.69) is 10.6 Å². The van der Waals surface area contributed by atoms with Crippen LogP contribution in [-0.4, -0.2) is 36.2 Å². The molecule has 70 valence electrons. The summed E-state index contributed by atoms with van der Waals surface area (Å²) in [5.41, 5.74) is -1.17. The van der Waals surface area contributed by atoms with Crippen molar-refractivity contribution < 1.29 is 9.90 Å². The van der Waals surface area contributed by atoms with Crippen LogP contribution in [0.1, 0.15) is 19.8 Å². The molecule has 0 unspecified atom stereocenters. The Labute approximate surface area is 72.3 Å². The van der Waals surface area contributed by atoms with Crippen LogP contribution >= 0.6 is 0 Å². The molecule has 1 rings (SSSR count). The van der Waals surface area contributed by atoms with Crippen molar-refractivity contribution in [2.45, 2.75) is 25.4 Å². The topological polar surface area (TPSA) is 61.4 Å². The van der Waals surface area contributed by atoms with Gasteiger partial charge in [0.05, 0.1) is 0 Å². The van der Waals surface area contributed by atoms with Crippen molar-refractivity contribution in [3.63, 3.8) is 0 Å². The number of likely N-dealkylation sites (N-methyl/N-ethyl adjacent to an activating group) is 1. The summed E-state index contributed by atoms with van der Waals surface area (Å²) < 4.78 is 0. The molecule has 0 aromatic heterocycles. The van der Waals surface area contributed by atoms with Gasteiger partial charge in [-0.3, -0.25) is 4.79 Å². The summed E-state index contributed by atoms with van der Waals surface area (Å²) in [5, 5.41) is 15.4. The second-order valence-electron chi connectivity index (χ2n) is 3.17. The highest BCUT2D eigenvalue weighted by atomic mass is 16.3. The highest BCUT2D eigenvalue weighted by Gasteiger charge is 2.36. The molecule has 0 aliphatic carbocycles. The minimum atomic E-state index is -1.17. The Morgan fingerprint density at radius 2 is 2.50 bits per heavy atom. The summed E-state index contributed by atoms with van der Waals surface area (Å²) >= 11 is 0. The van der Waals surface area contributed by atoms with E-state index in [1.165, 1.54) is 0 Å². The number of carbonyl (C=O) groups is 1. The van der Waals surface area contributed by atoms with Crippen LogP contribution in [0.15, 0.2) is 0 Å². The van der Waals surface area contributed by atoms with Gasteiger partial charge < -0.3 is 15.7 Å². The SMILES string of the molecule is CCNC(=O)[C@@]1(O)CCCNC1. The zero-order valence-corrected chi connectivity index (χ0v) is 7.39. The predicted molar refractivity (Wildman–Crippen MR) is 45.7 cm³/mol. The molecule has 1 aliphatic rings. The fraction of sp³-hybridized carbons (Fsp3) is 0.875. The zero-order valence-electron chi connectivity index (χ0n) is 7.39. The van der Waals surface area contributed by atoms with Gasteiger partial charge in [-0.25, -0.2) is 0 Å². The molecule has 0 bridgehead atoms. The lowest BCUT2D eigenvalue weighted by molar-refractivity contribution is -0.141. The highest BCUT2D eigenvalue weighted by molar-refractivity contribution is 5.85. The lowest BCUT2D eigenvalue weighted by atomic mass is 9.93. The molecule has 1 heterocycles. The quantitative estimate of drug-likeness (QED) is 0.513. The number of hydrogen-bond donors (Lipinski definition) is 3. The van der Waals surface area contributed by atoms with Crippen LogP contribution in [0, 0.1) is 0 Å². The molecule has 1 aliphatic heterocycles. The maximum atomic E-state index is 11.3. The number of piperidine rings is 1. The van der Waals surface area contributed by atoms with E-state index >= 15 is 0 Å². The van der Waals surface area contributed by atoms with Crippen molar-refractivity contribution in [1.29, 1.82) is 0 Å². The van der Waals surface area contributed by atoms with Gasteiger partial charge in [0.25, 0.3) is 5.91 Å². The molecule has 1 amide bonds. The molecule has 4 nitrogen and oxygen atoms in total. The molecule has 0 aromatic rings. The van der Waals surface area contributed by atoms with E-state index in [4.69, 9.17) is 0 Å². The molecule has 0 radical (unpaired) electrons. The lowest BCUT2D eigenvalue weighted by Crippen LogP contribution is -2.55. The summed E-state index contributed by atoms with van der Waals surface area (Å²) in [6.45, 7) is 3.68. The van der Waals surface area contributed by atoms with Crippen molar-refractivity contribution in [2.75, 3.05) is 19.6 Å². The third-order valence-electron chi connectivity index (χ3n) is 2.12. The first-order chi connectivity index (χ1) is 5.69. The van der Waals surface area contributed by atoms with Gasteiger partial charge in [-0.05, 0) is 26.3 Å². The number of hydrogen-bond acceptors (Lipinski definition) is 3. The van der Waals surface area contributed by atoms with Gasteiger partial charge in [0.15, 0.2) is 5.60 Å². The Bertz CT molecular complexity index is 164. The van der Waals surface area contributed by atoms with E-state index in [1.54, 1.807) is 0 Å². The molecular weight excluding hydrogens is 156 g/mol. The Kier molecular flexibility index (Phi) is 3.05. The predicted octanol–water partition coefficient (Wildman–Crippen LogP) is -0.763. The van der Waals surface area contributed by atoms with Gasteiger partial charge in [-0.2, -0.15) is 0 Å². The third-order valence-corrected chi connectivity index (χ3v) is 2.12. The number of carbonyl (C=O) groups excluding carboxylic acids is 1. The molecule has 1 atom stereocenters. The summed E-state index contributed by atoms with van der Waals surface area (Å²) in [6, 6.07) is 0. The Hall–Kier alpha value is -0.610. The number of nitrogens with one attached hydrogen (secondary N) is 2. The van der Waals surface area contributed by atoms with Crippen LogP contribution in [0.25, 0.3) is 0 Å². The third kappa shape index (κ3) is 1.95. The van der Waals surface area contributed by atoms with Gasteiger partial charge in [0, 0.05) is 13.1 Å². The van der Waals surface area contributed by atoms with Gasteiger partial charge in [0.2, 0.25) is 0 Å². The molecule has 12 heavy (non-hydrogen) atoms. The maximum absolute atomic E-state index is 11.3. The molecule has 4 heteroatoms. The second kappa shape index (κ2) is 3.87. The van der Waals surface area contributed by atoms with Crippen LogP contribution in [0.3, 0.4) is 0 Å². The van der Waals surface area contributed by atoms with E-state index in [9.17, 15) is 9.90 Å². The minimum absolute atomic E-state index is 0.253. The average molecular weight is 172 g/mol. The average Bonchev–Trinajstić information content (AvgIpc) is 2.06. The van der Waals surface area contributed by atoms with Crippen molar-refractivity contribution in [1.82, 2.24) is 10.6 Å². The summed E-state index contributed by atoms with van der Waals surface area (Å²) in [5.74, 6) is -0.253. The fourth-order valence-corrected chi connectivity index (χ4v) is 1.41. The van der Waals surface area contributed by atoms with E-state index < -0.39 is 5.60 Å². The van der Waals surface area contributed by atoms with Crippen LogP contribution < -0.4 is 10.6 Å². The first kappa shape index (κ1) is 9.48. The summed E-state index contributed by atoms with van der Waals surface area (Å²) in [7, 11) is 0. The fourth-order valence-electron chi connectivity index (χ4n) is 1.41. The number of rotatable bonds is 2. The van der Waals surface area contributed by atoms with E-state index in [1.807, 2.05) is 6.92 Å². The van der Waals surface area contributed by atoms with E-state index in [-0.39, 0.29) is 5.91 Å². The van der Waals surface area contributed by atoms with Crippen LogP contribution in [0.2, 0.25) is 0 Å². The minimum Gasteiger partial charge on any atom is -0.379 e. The molecular formula is C8H16N2O2. The largest absolute Gasteiger partial charge is 0.379 e. The molecule has 3 N–H and O–H groups in total. The van der Waals surface area contributed by atoms with E-state index in [0.29, 0.717) is 19.5 Å². The Balaban J connectivity index is 2.50. The monoisotopic (exact) mass is 172 g/mol. The number of β-amino-alcohol motifs (C(OH)–C–C–N with tert-alkyl or cyclic N) is 1. The van der Waals surface area contributed by atoms with Crippen LogP contribution in [0.5, 0.6) is 0 Å². The van der Waals surface area contributed by atoms with Crippen molar-refractivity contribution >= 4 is 5.91 Å². The van der Waals surface area contributed by atoms with Gasteiger partial charge >= 0.3 is 0 Å². The first-order valence-electron chi connectivity index (χ1n) is 4.40. The van der Waals surface area contributed by atoms with Crippen LogP contribution in [0.4, 0.5) is 0 Å².